The van der Waals surface area contributed by atoms with E-state index >= 15 is 0 Å². The molecular weight excluding hydrogens is 472 g/mol. The summed E-state index contributed by atoms with van der Waals surface area (Å²) in [6, 6.07) is 10.8. The third-order valence-electron chi connectivity index (χ3n) is 5.40. The van der Waals surface area contributed by atoms with E-state index in [0.717, 1.165) is 12.1 Å². The van der Waals surface area contributed by atoms with Gasteiger partial charge in [0.05, 0.1) is 35.8 Å². The summed E-state index contributed by atoms with van der Waals surface area (Å²) >= 11 is 0. The van der Waals surface area contributed by atoms with Crippen molar-refractivity contribution >= 4 is 29.4 Å². The summed E-state index contributed by atoms with van der Waals surface area (Å²) in [6.07, 6.45) is 0. The van der Waals surface area contributed by atoms with Crippen molar-refractivity contribution in [2.75, 3.05) is 20.8 Å². The molecule has 11 heteroatoms. The zero-order chi connectivity index (χ0) is 26.6. The van der Waals surface area contributed by atoms with Crippen LogP contribution in [-0.2, 0) is 14.2 Å². The molecule has 186 valence electrons. The Balaban J connectivity index is 1.87. The second-order valence-electron chi connectivity index (χ2n) is 7.68. The van der Waals surface area contributed by atoms with Crippen molar-refractivity contribution < 1.29 is 38.3 Å². The Labute approximate surface area is 205 Å². The van der Waals surface area contributed by atoms with Crippen LogP contribution in [0.4, 0.5) is 5.69 Å². The second-order valence-corrected chi connectivity index (χ2v) is 7.68. The number of aromatic nitrogens is 1. The van der Waals surface area contributed by atoms with Gasteiger partial charge in [0.15, 0.2) is 6.61 Å². The summed E-state index contributed by atoms with van der Waals surface area (Å²) in [5.74, 6) is -2.60. The monoisotopic (exact) mass is 494 g/mol. The van der Waals surface area contributed by atoms with Crippen molar-refractivity contribution in [1.82, 2.24) is 4.57 Å². The van der Waals surface area contributed by atoms with Crippen LogP contribution in [0.15, 0.2) is 48.5 Å². The van der Waals surface area contributed by atoms with Crippen molar-refractivity contribution in [3.05, 3.63) is 92.3 Å². The number of carbonyl (C=O) groups is 4. The van der Waals surface area contributed by atoms with Crippen LogP contribution in [0.25, 0.3) is 5.69 Å². The lowest BCUT2D eigenvalue weighted by Gasteiger charge is -2.13. The molecule has 3 rings (SSSR count). The number of esters is 3. The topological polar surface area (TPSA) is 144 Å². The van der Waals surface area contributed by atoms with Crippen LogP contribution in [0.3, 0.4) is 0 Å². The Morgan fingerprint density at radius 1 is 0.833 bits per heavy atom. The van der Waals surface area contributed by atoms with Gasteiger partial charge in [-0.3, -0.25) is 14.9 Å². The molecule has 0 N–H and O–H groups in total. The van der Waals surface area contributed by atoms with Crippen LogP contribution in [0.1, 0.15) is 52.8 Å². The number of carbonyl (C=O) groups excluding carboxylic acids is 4. The predicted molar refractivity (Wildman–Crippen MR) is 126 cm³/mol. The summed E-state index contributed by atoms with van der Waals surface area (Å²) < 4.78 is 16.3. The maximum absolute atomic E-state index is 12.9. The molecule has 0 amide bonds. The Morgan fingerprint density at radius 3 is 1.89 bits per heavy atom. The highest BCUT2D eigenvalue weighted by molar-refractivity contribution is 6.01. The molecule has 0 spiro atoms. The number of benzene rings is 2. The molecule has 3 aromatic rings. The first kappa shape index (κ1) is 25.8. The smallest absolute Gasteiger partial charge is 0.338 e. The minimum atomic E-state index is -0.805. The molecule has 1 aromatic heterocycles. The molecular formula is C25H22N2O9. The highest BCUT2D eigenvalue weighted by atomic mass is 16.6. The number of Topliss-reactive ketones (excluding diaryl/α,β-unsaturated/α-hetero) is 1. The lowest BCUT2D eigenvalue weighted by atomic mass is 10.1. The van der Waals surface area contributed by atoms with Crippen molar-refractivity contribution in [3.63, 3.8) is 0 Å². The van der Waals surface area contributed by atoms with Gasteiger partial charge in [-0.15, -0.1) is 0 Å². The second kappa shape index (κ2) is 10.6. The maximum Gasteiger partial charge on any atom is 0.338 e. The van der Waals surface area contributed by atoms with E-state index in [9.17, 15) is 29.3 Å². The zero-order valence-corrected chi connectivity index (χ0v) is 19.9. The fourth-order valence-corrected chi connectivity index (χ4v) is 3.67. The molecule has 0 atom stereocenters. The molecule has 0 saturated heterocycles. The van der Waals surface area contributed by atoms with Gasteiger partial charge in [0.25, 0.3) is 5.69 Å². The average molecular weight is 494 g/mol. The molecule has 0 bridgehead atoms. The minimum absolute atomic E-state index is 0.0637. The van der Waals surface area contributed by atoms with Crippen LogP contribution < -0.4 is 0 Å². The number of ether oxygens (including phenoxy) is 3. The van der Waals surface area contributed by atoms with Crippen LogP contribution in [0, 0.1) is 24.0 Å². The van der Waals surface area contributed by atoms with E-state index < -0.39 is 35.2 Å². The Bertz CT molecular complexity index is 1340. The normalized spacial score (nSPS) is 10.4. The number of rotatable bonds is 8. The summed E-state index contributed by atoms with van der Waals surface area (Å²) in [6.45, 7) is 2.84. The predicted octanol–water partition coefficient (Wildman–Crippen LogP) is 3.62. The molecule has 11 nitrogen and oxygen atoms in total. The number of nitro groups is 1. The Kier molecular flexibility index (Phi) is 7.63. The molecule has 0 aliphatic carbocycles. The largest absolute Gasteiger partial charge is 0.465 e. The number of ketones is 1. The first-order chi connectivity index (χ1) is 17.1. The van der Waals surface area contributed by atoms with E-state index in [4.69, 9.17) is 14.2 Å². The highest BCUT2D eigenvalue weighted by Gasteiger charge is 2.21. The van der Waals surface area contributed by atoms with Crippen LogP contribution >= 0.6 is 0 Å². The summed E-state index contributed by atoms with van der Waals surface area (Å²) in [5, 5.41) is 10.7. The van der Waals surface area contributed by atoms with Gasteiger partial charge in [0.1, 0.15) is 0 Å². The van der Waals surface area contributed by atoms with Gasteiger partial charge >= 0.3 is 17.9 Å². The van der Waals surface area contributed by atoms with Gasteiger partial charge < -0.3 is 18.8 Å². The number of non-ortho nitro benzene ring substituents is 1. The van der Waals surface area contributed by atoms with E-state index in [1.165, 1.54) is 44.6 Å². The van der Waals surface area contributed by atoms with Crippen molar-refractivity contribution in [2.45, 2.75) is 13.8 Å². The number of nitro benzene ring substituents is 1. The molecule has 2 aromatic carbocycles. The fourth-order valence-electron chi connectivity index (χ4n) is 3.67. The first-order valence-corrected chi connectivity index (χ1v) is 10.5. The Morgan fingerprint density at radius 2 is 1.39 bits per heavy atom. The number of nitrogens with zero attached hydrogens (tertiary/aromatic N) is 2. The zero-order valence-electron chi connectivity index (χ0n) is 19.9. The van der Waals surface area contributed by atoms with Crippen LogP contribution in [0.2, 0.25) is 0 Å². The van der Waals surface area contributed by atoms with Gasteiger partial charge in [0, 0.05) is 34.8 Å². The van der Waals surface area contributed by atoms with E-state index in [0.29, 0.717) is 17.1 Å². The number of hydrogen-bond acceptors (Lipinski definition) is 9. The van der Waals surface area contributed by atoms with E-state index in [1.54, 1.807) is 24.5 Å². The van der Waals surface area contributed by atoms with E-state index in [2.05, 4.69) is 0 Å². The molecule has 0 aliphatic heterocycles. The molecule has 0 saturated carbocycles. The van der Waals surface area contributed by atoms with Gasteiger partial charge in [0.2, 0.25) is 5.78 Å². The quantitative estimate of drug-likeness (QED) is 0.151. The summed E-state index contributed by atoms with van der Waals surface area (Å²) in [4.78, 5) is 59.6. The minimum Gasteiger partial charge on any atom is -0.465 e. The van der Waals surface area contributed by atoms with Gasteiger partial charge in [-0.1, -0.05) is 0 Å². The van der Waals surface area contributed by atoms with Crippen LogP contribution in [0.5, 0.6) is 0 Å². The molecule has 0 radical (unpaired) electrons. The molecule has 1 heterocycles. The number of hydrogen-bond donors (Lipinski definition) is 0. The van der Waals surface area contributed by atoms with Crippen molar-refractivity contribution in [3.8, 4) is 5.69 Å². The third-order valence-corrected chi connectivity index (χ3v) is 5.40. The van der Waals surface area contributed by atoms with Gasteiger partial charge in [-0.25, -0.2) is 14.4 Å². The number of methoxy groups -OCH3 is 2. The summed E-state index contributed by atoms with van der Waals surface area (Å²) in [5.41, 5.74) is 1.93. The third kappa shape index (κ3) is 5.30. The van der Waals surface area contributed by atoms with Crippen LogP contribution in [-0.4, -0.2) is 54.0 Å². The molecule has 0 unspecified atom stereocenters. The first-order valence-electron chi connectivity index (χ1n) is 10.5. The average Bonchev–Trinajstić information content (AvgIpc) is 3.19. The lowest BCUT2D eigenvalue weighted by molar-refractivity contribution is -0.384. The SMILES string of the molecule is COC(=O)c1cc(C(=O)OC)cc(-n2c(C)cc(C(=O)COC(=O)c3ccc([N+](=O)[O-])cc3)c2C)c1. The fraction of sp³-hybridized carbons (Fsp3) is 0.200. The maximum atomic E-state index is 12.9. The molecule has 0 fully saturated rings. The highest BCUT2D eigenvalue weighted by Crippen LogP contribution is 2.24. The summed E-state index contributed by atoms with van der Waals surface area (Å²) in [7, 11) is 2.43. The van der Waals surface area contributed by atoms with Gasteiger partial charge in [-0.2, -0.15) is 0 Å². The standard InChI is InChI=1S/C25H22N2O9/c1-14-9-21(22(28)13-36-25(31)16-5-7-19(8-6-16)27(32)33)15(2)26(14)20-11-17(23(29)34-3)10-18(12-20)24(30)35-4/h5-12H,13H2,1-4H3. The van der Waals surface area contributed by atoms with E-state index in [-0.39, 0.29) is 27.9 Å². The van der Waals surface area contributed by atoms with E-state index in [1.807, 2.05) is 0 Å². The molecule has 36 heavy (non-hydrogen) atoms. The number of aryl methyl sites for hydroxylation is 1. The van der Waals surface area contributed by atoms with Gasteiger partial charge in [-0.05, 0) is 50.2 Å². The van der Waals surface area contributed by atoms with Crippen molar-refractivity contribution in [2.24, 2.45) is 0 Å². The lowest BCUT2D eigenvalue weighted by Crippen LogP contribution is -2.15. The Hall–Kier alpha value is -4.80. The van der Waals surface area contributed by atoms with Crippen molar-refractivity contribution in [1.29, 1.82) is 0 Å². The molecule has 0 aliphatic rings.